The van der Waals surface area contributed by atoms with Gasteiger partial charge in [-0.05, 0) is 23.6 Å². The molecule has 0 aliphatic rings. The maximum absolute atomic E-state index is 12.3. The lowest BCUT2D eigenvalue weighted by Crippen LogP contribution is -2.19. The minimum Gasteiger partial charge on any atom is -0.290 e. The van der Waals surface area contributed by atoms with E-state index in [1.165, 1.54) is 23.1 Å². The summed E-state index contributed by atoms with van der Waals surface area (Å²) < 4.78 is 1.60. The number of hydrogen-bond acceptors (Lipinski definition) is 6. The summed E-state index contributed by atoms with van der Waals surface area (Å²) in [7, 11) is 1.76. The molecular formula is C17H12ClN3OS3. The summed E-state index contributed by atoms with van der Waals surface area (Å²) in [6, 6.07) is 9.48. The van der Waals surface area contributed by atoms with Gasteiger partial charge in [0, 0.05) is 28.8 Å². The van der Waals surface area contributed by atoms with Crippen LogP contribution in [0.3, 0.4) is 0 Å². The van der Waals surface area contributed by atoms with Crippen molar-refractivity contribution in [2.24, 2.45) is 7.05 Å². The van der Waals surface area contributed by atoms with E-state index in [1.54, 1.807) is 23.0 Å². The minimum absolute atomic E-state index is 0.00567. The predicted octanol–water partition coefficient (Wildman–Crippen LogP) is 5.06. The van der Waals surface area contributed by atoms with Crippen molar-refractivity contribution in [3.8, 4) is 10.6 Å². The average Bonchev–Trinajstić information content (AvgIpc) is 3.27. The number of rotatable bonds is 4. The monoisotopic (exact) mass is 405 g/mol. The summed E-state index contributed by atoms with van der Waals surface area (Å²) >= 11 is 10.5. The fraction of sp³-hybridized carbons (Fsp3) is 0.118. The van der Waals surface area contributed by atoms with Gasteiger partial charge in [0.15, 0.2) is 5.16 Å². The van der Waals surface area contributed by atoms with Gasteiger partial charge in [-0.2, -0.15) is 0 Å². The molecule has 4 rings (SSSR count). The molecule has 0 bridgehead atoms. The Morgan fingerprint density at radius 1 is 1.16 bits per heavy atom. The second-order valence-corrected chi connectivity index (χ2v) is 8.47. The molecule has 0 atom stereocenters. The molecule has 1 aromatic carbocycles. The molecule has 3 aromatic heterocycles. The summed E-state index contributed by atoms with van der Waals surface area (Å²) in [5.41, 5.74) is 2.02. The number of halogens is 1. The van der Waals surface area contributed by atoms with Gasteiger partial charge in [0.25, 0.3) is 5.56 Å². The van der Waals surface area contributed by atoms with Gasteiger partial charge in [-0.25, -0.2) is 9.97 Å². The first-order chi connectivity index (χ1) is 12.1. The van der Waals surface area contributed by atoms with E-state index in [1.807, 2.05) is 41.1 Å². The van der Waals surface area contributed by atoms with Gasteiger partial charge < -0.3 is 0 Å². The highest BCUT2D eigenvalue weighted by Gasteiger charge is 2.11. The molecule has 0 fully saturated rings. The van der Waals surface area contributed by atoms with E-state index in [2.05, 4.69) is 9.97 Å². The Morgan fingerprint density at radius 3 is 2.76 bits per heavy atom. The van der Waals surface area contributed by atoms with Gasteiger partial charge in [-0.3, -0.25) is 9.36 Å². The maximum atomic E-state index is 12.3. The van der Waals surface area contributed by atoms with E-state index >= 15 is 0 Å². The Balaban J connectivity index is 1.55. The van der Waals surface area contributed by atoms with Crippen LogP contribution in [0.1, 0.15) is 5.69 Å². The summed E-state index contributed by atoms with van der Waals surface area (Å²) in [5.74, 6) is 0.668. The van der Waals surface area contributed by atoms with Crippen molar-refractivity contribution < 1.29 is 0 Å². The number of nitrogens with zero attached hydrogens (tertiary/aromatic N) is 3. The van der Waals surface area contributed by atoms with Gasteiger partial charge in [-0.1, -0.05) is 35.5 Å². The fourth-order valence-corrected chi connectivity index (χ4v) is 5.07. The van der Waals surface area contributed by atoms with Crippen LogP contribution in [0.25, 0.3) is 20.8 Å². The molecule has 25 heavy (non-hydrogen) atoms. The van der Waals surface area contributed by atoms with Crippen LogP contribution in [0.2, 0.25) is 5.02 Å². The van der Waals surface area contributed by atoms with E-state index in [-0.39, 0.29) is 5.56 Å². The number of benzene rings is 1. The highest BCUT2D eigenvalue weighted by molar-refractivity contribution is 7.98. The van der Waals surface area contributed by atoms with E-state index in [0.29, 0.717) is 21.3 Å². The second-order valence-electron chi connectivity index (χ2n) is 5.34. The zero-order chi connectivity index (χ0) is 17.4. The third-order valence-corrected chi connectivity index (χ3v) is 6.72. The molecule has 0 amide bonds. The Hall–Kier alpha value is -1.67. The molecule has 3 heterocycles. The lowest BCUT2D eigenvalue weighted by atomic mass is 10.2. The molecule has 8 heteroatoms. The standard InChI is InChI=1S/C17H12ClN3OS3/c1-21-16(22)13-6-7-23-15(13)20-17(21)25-9-12-8-24-14(19-12)10-2-4-11(18)5-3-10/h2-8H,9H2,1H3. The van der Waals surface area contributed by atoms with Gasteiger partial charge >= 0.3 is 0 Å². The molecule has 0 spiro atoms. The Labute approximate surface area is 161 Å². The molecule has 0 unspecified atom stereocenters. The lowest BCUT2D eigenvalue weighted by Gasteiger charge is -2.05. The van der Waals surface area contributed by atoms with Gasteiger partial charge in [-0.15, -0.1) is 22.7 Å². The van der Waals surface area contributed by atoms with Gasteiger partial charge in [0.05, 0.1) is 11.1 Å². The van der Waals surface area contributed by atoms with Crippen LogP contribution >= 0.6 is 46.0 Å². The van der Waals surface area contributed by atoms with Crippen LogP contribution < -0.4 is 5.56 Å². The molecule has 0 saturated heterocycles. The van der Waals surface area contributed by atoms with Crippen molar-refractivity contribution in [3.05, 3.63) is 62.2 Å². The highest BCUT2D eigenvalue weighted by atomic mass is 35.5. The van der Waals surface area contributed by atoms with Gasteiger partial charge in [0.2, 0.25) is 0 Å². The third kappa shape index (κ3) is 3.37. The Bertz CT molecular complexity index is 1100. The minimum atomic E-state index is -0.00567. The SMILES string of the molecule is Cn1c(SCc2csc(-c3ccc(Cl)cc3)n2)nc2sccc2c1=O. The van der Waals surface area contributed by atoms with Crippen molar-refractivity contribution in [1.29, 1.82) is 0 Å². The topological polar surface area (TPSA) is 47.8 Å². The average molecular weight is 406 g/mol. The summed E-state index contributed by atoms with van der Waals surface area (Å²) in [6.45, 7) is 0. The number of aromatic nitrogens is 3. The summed E-state index contributed by atoms with van der Waals surface area (Å²) in [5, 5.41) is 7.00. The van der Waals surface area contributed by atoms with Gasteiger partial charge in [0.1, 0.15) is 9.84 Å². The molecule has 0 aliphatic heterocycles. The van der Waals surface area contributed by atoms with Crippen LogP contribution in [-0.4, -0.2) is 14.5 Å². The molecule has 4 aromatic rings. The second kappa shape index (κ2) is 6.92. The molecule has 4 nitrogen and oxygen atoms in total. The maximum Gasteiger partial charge on any atom is 0.262 e. The molecule has 0 radical (unpaired) electrons. The van der Waals surface area contributed by atoms with E-state index < -0.39 is 0 Å². The Kier molecular flexibility index (Phi) is 4.64. The number of hydrogen-bond donors (Lipinski definition) is 0. The van der Waals surface area contributed by atoms with E-state index in [9.17, 15) is 4.79 Å². The lowest BCUT2D eigenvalue weighted by molar-refractivity contribution is 0.728. The molecule has 0 aliphatic carbocycles. The van der Waals surface area contributed by atoms with Crippen LogP contribution in [0.15, 0.2) is 51.0 Å². The van der Waals surface area contributed by atoms with Crippen LogP contribution in [0, 0.1) is 0 Å². The molecular weight excluding hydrogens is 394 g/mol. The first kappa shape index (κ1) is 16.8. The van der Waals surface area contributed by atoms with E-state index in [4.69, 9.17) is 11.6 Å². The highest BCUT2D eigenvalue weighted by Crippen LogP contribution is 2.28. The zero-order valence-corrected chi connectivity index (χ0v) is 16.3. The smallest absolute Gasteiger partial charge is 0.262 e. The summed E-state index contributed by atoms with van der Waals surface area (Å²) in [6.07, 6.45) is 0. The van der Waals surface area contributed by atoms with Crippen LogP contribution in [0.4, 0.5) is 0 Å². The first-order valence-electron chi connectivity index (χ1n) is 7.39. The molecule has 126 valence electrons. The predicted molar refractivity (Wildman–Crippen MR) is 107 cm³/mol. The van der Waals surface area contributed by atoms with Crippen molar-refractivity contribution in [3.63, 3.8) is 0 Å². The van der Waals surface area contributed by atoms with Crippen molar-refractivity contribution in [2.45, 2.75) is 10.9 Å². The number of thioether (sulfide) groups is 1. The summed E-state index contributed by atoms with van der Waals surface area (Å²) in [4.78, 5) is 22.4. The third-order valence-electron chi connectivity index (χ3n) is 3.66. The van der Waals surface area contributed by atoms with Crippen molar-refractivity contribution >= 4 is 56.3 Å². The zero-order valence-electron chi connectivity index (χ0n) is 13.1. The van der Waals surface area contributed by atoms with Crippen LogP contribution in [-0.2, 0) is 12.8 Å². The largest absolute Gasteiger partial charge is 0.290 e. The normalized spacial score (nSPS) is 11.3. The Morgan fingerprint density at radius 2 is 1.96 bits per heavy atom. The van der Waals surface area contributed by atoms with E-state index in [0.717, 1.165) is 21.1 Å². The number of thiazole rings is 1. The van der Waals surface area contributed by atoms with Crippen molar-refractivity contribution in [2.75, 3.05) is 0 Å². The quantitative estimate of drug-likeness (QED) is 0.351. The first-order valence-corrected chi connectivity index (χ1v) is 10.5. The number of thiophene rings is 1. The molecule has 0 saturated carbocycles. The number of fused-ring (bicyclic) bond motifs is 1. The molecule has 0 N–H and O–H groups in total. The van der Waals surface area contributed by atoms with Crippen molar-refractivity contribution in [1.82, 2.24) is 14.5 Å². The fourth-order valence-electron chi connectivity index (χ4n) is 2.35. The van der Waals surface area contributed by atoms with Crippen LogP contribution in [0.5, 0.6) is 0 Å².